The molecule has 1 aliphatic carbocycles. The molecule has 6 heteroatoms. The van der Waals surface area contributed by atoms with E-state index in [0.29, 0.717) is 18.3 Å². The molecule has 5 nitrogen and oxygen atoms in total. The van der Waals surface area contributed by atoms with Gasteiger partial charge < -0.3 is 10.2 Å². The Hall–Kier alpha value is -2.05. The second kappa shape index (κ2) is 8.97. The van der Waals surface area contributed by atoms with Gasteiger partial charge in [-0.15, -0.1) is 6.58 Å². The highest BCUT2D eigenvalue weighted by molar-refractivity contribution is 7.99. The van der Waals surface area contributed by atoms with E-state index in [1.807, 2.05) is 33.5 Å². The molecule has 1 aromatic carbocycles. The monoisotopic (exact) mass is 396 g/mol. The van der Waals surface area contributed by atoms with Crippen molar-refractivity contribution in [2.24, 2.45) is 0 Å². The maximum Gasteiger partial charge on any atom is 0.274 e. The van der Waals surface area contributed by atoms with E-state index in [2.05, 4.69) is 36.2 Å². The van der Waals surface area contributed by atoms with E-state index in [1.54, 1.807) is 0 Å². The zero-order valence-corrected chi connectivity index (χ0v) is 17.1. The highest BCUT2D eigenvalue weighted by atomic mass is 32.2. The second-order valence-electron chi connectivity index (χ2n) is 7.46. The van der Waals surface area contributed by atoms with Gasteiger partial charge in [-0.3, -0.25) is 9.48 Å². The quantitative estimate of drug-likeness (QED) is 0.763. The van der Waals surface area contributed by atoms with Crippen LogP contribution in [-0.4, -0.2) is 51.2 Å². The van der Waals surface area contributed by atoms with Gasteiger partial charge in [-0.25, -0.2) is 0 Å². The second-order valence-corrected chi connectivity index (χ2v) is 8.68. The SMILES string of the molecule is C=CCn1nc(C(=O)N2CCSCC2)c2c1CCC(NCc1ccccc1)C2. The molecule has 0 radical (unpaired) electrons. The van der Waals surface area contributed by atoms with Gasteiger partial charge in [0.05, 0.1) is 6.54 Å². The Morgan fingerprint density at radius 2 is 2.07 bits per heavy atom. The van der Waals surface area contributed by atoms with Crippen molar-refractivity contribution in [2.45, 2.75) is 38.4 Å². The topological polar surface area (TPSA) is 50.2 Å². The smallest absolute Gasteiger partial charge is 0.274 e. The lowest BCUT2D eigenvalue weighted by atomic mass is 9.91. The Labute approximate surface area is 171 Å². The third-order valence-electron chi connectivity index (χ3n) is 5.59. The van der Waals surface area contributed by atoms with Crippen LogP contribution in [-0.2, 0) is 25.9 Å². The molecule has 2 aromatic rings. The molecule has 0 spiro atoms. The molecule has 1 atom stereocenters. The van der Waals surface area contributed by atoms with E-state index in [1.165, 1.54) is 11.3 Å². The molecule has 1 saturated heterocycles. The third kappa shape index (κ3) is 4.18. The van der Waals surface area contributed by atoms with Crippen molar-refractivity contribution in [3.05, 3.63) is 65.5 Å². The molecule has 1 N–H and O–H groups in total. The van der Waals surface area contributed by atoms with Gasteiger partial charge in [-0.05, 0) is 24.8 Å². The predicted molar refractivity (Wildman–Crippen MR) is 115 cm³/mol. The lowest BCUT2D eigenvalue weighted by Crippen LogP contribution is -2.39. The molecule has 4 rings (SSSR count). The zero-order chi connectivity index (χ0) is 19.3. The number of allylic oxidation sites excluding steroid dienone is 1. The average Bonchev–Trinajstić information content (AvgIpc) is 3.11. The number of rotatable bonds is 6. The van der Waals surface area contributed by atoms with Crippen LogP contribution in [0.2, 0.25) is 0 Å². The van der Waals surface area contributed by atoms with Gasteiger partial charge in [0.25, 0.3) is 5.91 Å². The normalized spacial score (nSPS) is 19.3. The van der Waals surface area contributed by atoms with Gasteiger partial charge in [-0.1, -0.05) is 36.4 Å². The average molecular weight is 397 g/mol. The highest BCUT2D eigenvalue weighted by Gasteiger charge is 2.31. The first-order valence-corrected chi connectivity index (χ1v) is 11.3. The summed E-state index contributed by atoms with van der Waals surface area (Å²) in [7, 11) is 0. The highest BCUT2D eigenvalue weighted by Crippen LogP contribution is 2.27. The maximum atomic E-state index is 13.2. The number of hydrogen-bond acceptors (Lipinski definition) is 4. The van der Waals surface area contributed by atoms with Crippen molar-refractivity contribution >= 4 is 17.7 Å². The minimum atomic E-state index is 0.100. The summed E-state index contributed by atoms with van der Waals surface area (Å²) in [5.74, 6) is 2.13. The van der Waals surface area contributed by atoms with E-state index in [9.17, 15) is 4.79 Å². The van der Waals surface area contributed by atoms with Gasteiger partial charge in [0.2, 0.25) is 0 Å². The predicted octanol–water partition coefficient (Wildman–Crippen LogP) is 2.91. The first kappa shape index (κ1) is 19.3. The third-order valence-corrected chi connectivity index (χ3v) is 6.53. The summed E-state index contributed by atoms with van der Waals surface area (Å²) < 4.78 is 1.99. The van der Waals surface area contributed by atoms with Crippen molar-refractivity contribution in [3.63, 3.8) is 0 Å². The number of thioether (sulfide) groups is 1. The van der Waals surface area contributed by atoms with Crippen LogP contribution in [0.25, 0.3) is 0 Å². The summed E-state index contributed by atoms with van der Waals surface area (Å²) in [6, 6.07) is 10.9. The zero-order valence-electron chi connectivity index (χ0n) is 16.3. The van der Waals surface area contributed by atoms with Crippen LogP contribution in [0.15, 0.2) is 43.0 Å². The summed E-state index contributed by atoms with van der Waals surface area (Å²) in [6.45, 7) is 7.01. The number of benzene rings is 1. The number of aromatic nitrogens is 2. The van der Waals surface area contributed by atoms with Crippen LogP contribution in [0.4, 0.5) is 0 Å². The molecule has 2 heterocycles. The van der Waals surface area contributed by atoms with E-state index >= 15 is 0 Å². The largest absolute Gasteiger partial charge is 0.336 e. The van der Waals surface area contributed by atoms with Crippen molar-refractivity contribution in [3.8, 4) is 0 Å². The van der Waals surface area contributed by atoms with Gasteiger partial charge in [0, 0.05) is 48.4 Å². The fraction of sp³-hybridized carbons (Fsp3) is 0.455. The summed E-state index contributed by atoms with van der Waals surface area (Å²) in [5.41, 5.74) is 4.31. The van der Waals surface area contributed by atoms with Crippen molar-refractivity contribution in [1.29, 1.82) is 0 Å². The van der Waals surface area contributed by atoms with E-state index in [-0.39, 0.29) is 5.91 Å². The van der Waals surface area contributed by atoms with Crippen LogP contribution < -0.4 is 5.32 Å². The lowest BCUT2D eigenvalue weighted by molar-refractivity contribution is 0.0764. The van der Waals surface area contributed by atoms with Gasteiger partial charge in [0.1, 0.15) is 0 Å². The molecule has 1 aromatic heterocycles. The molecule has 1 amide bonds. The summed E-state index contributed by atoms with van der Waals surface area (Å²) >= 11 is 1.92. The Bertz CT molecular complexity index is 827. The standard InChI is InChI=1S/C22H28N4OS/c1-2-10-26-20-9-8-18(23-16-17-6-4-3-5-7-17)15-19(20)21(24-26)22(27)25-11-13-28-14-12-25/h2-7,18,23H,1,8-16H2. The maximum absolute atomic E-state index is 13.2. The molecule has 0 saturated carbocycles. The van der Waals surface area contributed by atoms with E-state index in [0.717, 1.165) is 56.0 Å². The Morgan fingerprint density at radius 3 is 2.82 bits per heavy atom. The Morgan fingerprint density at radius 1 is 1.29 bits per heavy atom. The fourth-order valence-corrected chi connectivity index (χ4v) is 4.98. The molecule has 1 unspecified atom stereocenters. The van der Waals surface area contributed by atoms with Crippen LogP contribution >= 0.6 is 11.8 Å². The van der Waals surface area contributed by atoms with Gasteiger partial charge >= 0.3 is 0 Å². The van der Waals surface area contributed by atoms with Crippen LogP contribution in [0.5, 0.6) is 0 Å². The van der Waals surface area contributed by atoms with Crippen LogP contribution in [0.3, 0.4) is 0 Å². The van der Waals surface area contributed by atoms with E-state index < -0.39 is 0 Å². The Balaban J connectivity index is 1.52. The Kier molecular flexibility index (Phi) is 6.17. The van der Waals surface area contributed by atoms with Crippen molar-refractivity contribution in [2.75, 3.05) is 24.6 Å². The van der Waals surface area contributed by atoms with Crippen LogP contribution in [0, 0.1) is 0 Å². The first-order chi connectivity index (χ1) is 13.8. The summed E-state index contributed by atoms with van der Waals surface area (Å²) in [6.07, 6.45) is 4.74. The lowest BCUT2D eigenvalue weighted by Gasteiger charge is -2.27. The minimum absolute atomic E-state index is 0.100. The summed E-state index contributed by atoms with van der Waals surface area (Å²) in [4.78, 5) is 15.1. The molecule has 1 fully saturated rings. The fourth-order valence-electron chi connectivity index (χ4n) is 4.08. The summed E-state index contributed by atoms with van der Waals surface area (Å²) in [5, 5.41) is 8.41. The van der Waals surface area contributed by atoms with Gasteiger partial charge in [0.15, 0.2) is 5.69 Å². The molecular weight excluding hydrogens is 368 g/mol. The number of nitrogens with one attached hydrogen (secondary N) is 1. The van der Waals surface area contributed by atoms with Gasteiger partial charge in [-0.2, -0.15) is 16.9 Å². The van der Waals surface area contributed by atoms with E-state index in [4.69, 9.17) is 5.10 Å². The first-order valence-electron chi connectivity index (χ1n) is 10.1. The minimum Gasteiger partial charge on any atom is -0.336 e. The molecule has 1 aliphatic heterocycles. The van der Waals surface area contributed by atoms with Crippen molar-refractivity contribution in [1.82, 2.24) is 20.0 Å². The number of amides is 1. The molecular formula is C22H28N4OS. The number of carbonyl (C=O) groups excluding carboxylic acids is 1. The van der Waals surface area contributed by atoms with Crippen molar-refractivity contribution < 1.29 is 4.79 Å². The molecule has 2 aliphatic rings. The molecule has 28 heavy (non-hydrogen) atoms. The molecule has 0 bridgehead atoms. The number of nitrogens with zero attached hydrogens (tertiary/aromatic N) is 3. The number of carbonyl (C=O) groups is 1. The number of hydrogen-bond donors (Lipinski definition) is 1. The molecule has 148 valence electrons. The number of fused-ring (bicyclic) bond motifs is 1. The van der Waals surface area contributed by atoms with Crippen LogP contribution in [0.1, 0.15) is 33.7 Å².